The second-order valence-corrected chi connectivity index (χ2v) is 8.79. The number of anilines is 1. The van der Waals surface area contributed by atoms with Gasteiger partial charge in [0.25, 0.3) is 0 Å². The van der Waals surface area contributed by atoms with Crippen LogP contribution in [0.15, 0.2) is 40.6 Å². The first-order chi connectivity index (χ1) is 11.6. The van der Waals surface area contributed by atoms with Gasteiger partial charge in [-0.2, -0.15) is 0 Å². The van der Waals surface area contributed by atoms with E-state index in [0.29, 0.717) is 5.02 Å². The summed E-state index contributed by atoms with van der Waals surface area (Å²) in [5.41, 5.74) is 4.56. The van der Waals surface area contributed by atoms with Crippen molar-refractivity contribution in [3.63, 3.8) is 0 Å². The van der Waals surface area contributed by atoms with Crippen molar-refractivity contribution in [3.8, 4) is 0 Å². The summed E-state index contributed by atoms with van der Waals surface area (Å²) in [6, 6.07) is 12.0. The highest BCUT2D eigenvalue weighted by atomic mass is 35.5. The van der Waals surface area contributed by atoms with Gasteiger partial charge in [-0.25, -0.2) is 4.72 Å². The van der Waals surface area contributed by atoms with E-state index in [4.69, 9.17) is 11.6 Å². The van der Waals surface area contributed by atoms with Gasteiger partial charge in [0.1, 0.15) is 11.4 Å². The van der Waals surface area contributed by atoms with E-state index in [1.165, 1.54) is 11.1 Å². The second-order valence-electron chi connectivity index (χ2n) is 5.90. The third kappa shape index (κ3) is 2.91. The monoisotopic (exact) mass is 376 g/mol. The highest BCUT2D eigenvalue weighted by Gasteiger charge is 2.23. The lowest BCUT2D eigenvalue weighted by molar-refractivity contribution is 0.601. The lowest BCUT2D eigenvalue weighted by Gasteiger charge is -2.21. The number of aryl methyl sites for hydroxylation is 1. The summed E-state index contributed by atoms with van der Waals surface area (Å²) in [6.07, 6.45) is 0.955. The van der Waals surface area contributed by atoms with Crippen LogP contribution in [0.5, 0.6) is 0 Å². The van der Waals surface area contributed by atoms with E-state index in [0.717, 1.165) is 45.1 Å². The number of rotatable bonds is 3. The average Bonchev–Trinajstić information content (AvgIpc) is 2.92. The first-order valence-corrected chi connectivity index (χ1v) is 10.2. The van der Waals surface area contributed by atoms with E-state index in [1.807, 2.05) is 37.3 Å². The topological polar surface area (TPSA) is 47.1 Å². The normalized spacial score (nSPS) is 15.3. The van der Waals surface area contributed by atoms with E-state index < -0.39 is 11.4 Å². The van der Waals surface area contributed by atoms with Crippen molar-refractivity contribution in [2.24, 2.45) is 0 Å². The first-order valence-electron chi connectivity index (χ1n) is 7.82. The standard InChI is InChI=1S/C18H17ClN2OS2/c1-11-15-9-13(19)5-6-17(15)23-18(11)24(22)21-16-4-2-3-12-10-20-8-7-14(12)16/h2-6,9,20-21H,7-8,10H2,1H3. The number of thiophene rings is 1. The Hall–Kier alpha value is -1.24. The molecule has 1 unspecified atom stereocenters. The zero-order valence-corrected chi connectivity index (χ0v) is 15.6. The average molecular weight is 377 g/mol. The minimum Gasteiger partial charge on any atom is -0.587 e. The maximum atomic E-state index is 12.9. The van der Waals surface area contributed by atoms with Crippen LogP contribution in [0.4, 0.5) is 5.69 Å². The summed E-state index contributed by atoms with van der Waals surface area (Å²) in [5.74, 6) is 0. The van der Waals surface area contributed by atoms with Crippen LogP contribution in [-0.2, 0) is 24.3 Å². The number of nitrogens with one attached hydrogen (secondary N) is 2. The minimum absolute atomic E-state index is 0.707. The fraction of sp³-hybridized carbons (Fsp3) is 0.222. The molecule has 6 heteroatoms. The molecule has 1 atom stereocenters. The van der Waals surface area contributed by atoms with Gasteiger partial charge in [0, 0.05) is 27.2 Å². The maximum Gasteiger partial charge on any atom is 0.237 e. The molecule has 0 saturated carbocycles. The minimum atomic E-state index is -1.28. The smallest absolute Gasteiger partial charge is 0.237 e. The maximum absolute atomic E-state index is 12.9. The molecule has 24 heavy (non-hydrogen) atoms. The Balaban J connectivity index is 1.68. The van der Waals surface area contributed by atoms with Gasteiger partial charge in [0.15, 0.2) is 0 Å². The first kappa shape index (κ1) is 16.2. The number of halogens is 1. The van der Waals surface area contributed by atoms with Crippen molar-refractivity contribution >= 4 is 50.1 Å². The summed E-state index contributed by atoms with van der Waals surface area (Å²) < 4.78 is 18.1. The molecule has 0 bridgehead atoms. The third-order valence-corrected chi connectivity index (χ3v) is 7.42. The Morgan fingerprint density at radius 1 is 1.29 bits per heavy atom. The molecule has 2 aromatic carbocycles. The molecule has 1 aromatic heterocycles. The number of benzene rings is 2. The molecule has 0 saturated heterocycles. The fourth-order valence-corrected chi connectivity index (χ4v) is 5.78. The Kier molecular flexibility index (Phi) is 4.45. The molecular formula is C18H17ClN2OS2. The Labute approximate surface area is 153 Å². The molecule has 0 fully saturated rings. The number of hydrogen-bond donors (Lipinski definition) is 2. The van der Waals surface area contributed by atoms with Gasteiger partial charge in [-0.15, -0.1) is 0 Å². The number of fused-ring (bicyclic) bond motifs is 2. The van der Waals surface area contributed by atoms with Crippen LogP contribution in [0.3, 0.4) is 0 Å². The van der Waals surface area contributed by atoms with Gasteiger partial charge in [0.2, 0.25) is 4.21 Å². The molecule has 2 N–H and O–H groups in total. The van der Waals surface area contributed by atoms with Crippen molar-refractivity contribution in [1.29, 1.82) is 0 Å². The lowest BCUT2D eigenvalue weighted by atomic mass is 9.99. The summed E-state index contributed by atoms with van der Waals surface area (Å²) in [5, 5.41) is 5.16. The SMILES string of the molecule is Cc1c([S+]([O-])Nc2cccc3c2CCNC3)sc2ccc(Cl)cc12. The highest BCUT2D eigenvalue weighted by molar-refractivity contribution is 7.94. The van der Waals surface area contributed by atoms with E-state index in [-0.39, 0.29) is 0 Å². The quantitative estimate of drug-likeness (QED) is 0.654. The molecule has 0 aliphatic carbocycles. The molecule has 124 valence electrons. The van der Waals surface area contributed by atoms with Gasteiger partial charge in [-0.1, -0.05) is 35.1 Å². The molecule has 0 spiro atoms. The van der Waals surface area contributed by atoms with Gasteiger partial charge >= 0.3 is 0 Å². The van der Waals surface area contributed by atoms with Gasteiger partial charge in [-0.3, -0.25) is 0 Å². The lowest BCUT2D eigenvalue weighted by Crippen LogP contribution is -2.25. The third-order valence-electron chi connectivity index (χ3n) is 4.37. The fourth-order valence-electron chi connectivity index (χ4n) is 3.12. The molecule has 0 radical (unpaired) electrons. The molecule has 3 aromatic rings. The van der Waals surface area contributed by atoms with Gasteiger partial charge in [-0.05, 0) is 55.3 Å². The Morgan fingerprint density at radius 2 is 2.17 bits per heavy atom. The molecule has 1 aliphatic heterocycles. The molecule has 0 amide bonds. The number of hydrogen-bond acceptors (Lipinski definition) is 4. The summed E-state index contributed by atoms with van der Waals surface area (Å²) in [4.78, 5) is 0. The largest absolute Gasteiger partial charge is 0.587 e. The zero-order chi connectivity index (χ0) is 16.7. The summed E-state index contributed by atoms with van der Waals surface area (Å²) in [6.45, 7) is 3.84. The molecular weight excluding hydrogens is 360 g/mol. The van der Waals surface area contributed by atoms with E-state index in [1.54, 1.807) is 11.3 Å². The Bertz CT molecular complexity index is 909. The second kappa shape index (κ2) is 6.58. The van der Waals surface area contributed by atoms with Crippen LogP contribution >= 0.6 is 22.9 Å². The zero-order valence-electron chi connectivity index (χ0n) is 13.2. The molecule has 4 rings (SSSR count). The van der Waals surface area contributed by atoms with Gasteiger partial charge < -0.3 is 9.87 Å². The predicted octanol–water partition coefficient (Wildman–Crippen LogP) is 4.64. The van der Waals surface area contributed by atoms with Crippen molar-refractivity contribution < 1.29 is 4.55 Å². The van der Waals surface area contributed by atoms with Crippen LogP contribution in [0.2, 0.25) is 5.02 Å². The van der Waals surface area contributed by atoms with Crippen LogP contribution in [0.1, 0.15) is 16.7 Å². The summed E-state index contributed by atoms with van der Waals surface area (Å²) >= 11 is 6.38. The van der Waals surface area contributed by atoms with Crippen LogP contribution < -0.4 is 10.0 Å². The molecule has 3 nitrogen and oxygen atoms in total. The van der Waals surface area contributed by atoms with Crippen molar-refractivity contribution in [2.75, 3.05) is 11.3 Å². The van der Waals surface area contributed by atoms with Crippen molar-refractivity contribution in [1.82, 2.24) is 5.32 Å². The van der Waals surface area contributed by atoms with E-state index >= 15 is 0 Å². The van der Waals surface area contributed by atoms with Gasteiger partial charge in [0.05, 0.1) is 5.69 Å². The van der Waals surface area contributed by atoms with Crippen molar-refractivity contribution in [2.45, 2.75) is 24.1 Å². The Morgan fingerprint density at radius 3 is 3.04 bits per heavy atom. The molecule has 1 aliphatic rings. The van der Waals surface area contributed by atoms with Crippen molar-refractivity contribution in [3.05, 3.63) is 58.1 Å². The van der Waals surface area contributed by atoms with Crippen LogP contribution in [0, 0.1) is 6.92 Å². The van der Waals surface area contributed by atoms with Crippen LogP contribution in [-0.4, -0.2) is 11.1 Å². The van der Waals surface area contributed by atoms with E-state index in [2.05, 4.69) is 16.1 Å². The van der Waals surface area contributed by atoms with E-state index in [9.17, 15) is 4.55 Å². The predicted molar refractivity (Wildman–Crippen MR) is 103 cm³/mol. The summed E-state index contributed by atoms with van der Waals surface area (Å²) in [7, 11) is 0. The van der Waals surface area contributed by atoms with Crippen LogP contribution in [0.25, 0.3) is 10.1 Å². The molecule has 2 heterocycles. The highest BCUT2D eigenvalue weighted by Crippen LogP contribution is 2.37.